The fourth-order valence-corrected chi connectivity index (χ4v) is 2.00. The third-order valence-electron chi connectivity index (χ3n) is 2.53. The van der Waals surface area contributed by atoms with Crippen molar-refractivity contribution in [3.8, 4) is 11.5 Å². The molecule has 0 atom stereocenters. The maximum absolute atomic E-state index is 11.2. The lowest BCUT2D eigenvalue weighted by atomic mass is 10.1. The van der Waals surface area contributed by atoms with Gasteiger partial charge in [0.15, 0.2) is 11.5 Å². The van der Waals surface area contributed by atoms with E-state index in [0.29, 0.717) is 23.7 Å². The summed E-state index contributed by atoms with van der Waals surface area (Å²) in [6, 6.07) is 3.10. The summed E-state index contributed by atoms with van der Waals surface area (Å²) in [5.74, 6) is -1.02. The van der Waals surface area contributed by atoms with Gasteiger partial charge in [0.05, 0.1) is 11.6 Å². The van der Waals surface area contributed by atoms with Crippen LogP contribution < -0.4 is 14.8 Å². The Morgan fingerprint density at radius 2 is 2.09 bits per heavy atom. The number of halogens is 1. The summed E-state index contributed by atoms with van der Waals surface area (Å²) in [5.41, 5.74) is 0.186. The van der Waals surface area contributed by atoms with Crippen molar-refractivity contribution in [3.05, 3.63) is 41.1 Å². The average Bonchev–Trinajstić information content (AvgIpc) is 2.45. The lowest BCUT2D eigenvalue weighted by Gasteiger charge is -2.14. The van der Waals surface area contributed by atoms with Crippen LogP contribution in [0, 0.1) is 0 Å². The van der Waals surface area contributed by atoms with Gasteiger partial charge in [-0.3, -0.25) is 4.79 Å². The van der Waals surface area contributed by atoms with E-state index in [-0.39, 0.29) is 17.3 Å². The van der Waals surface area contributed by atoms with Crippen LogP contribution >= 0.6 is 11.6 Å². The molecular formula is C16H18ClNO5. The number of hydrogen-bond donors (Lipinski definition) is 2. The van der Waals surface area contributed by atoms with Gasteiger partial charge in [-0.2, -0.15) is 0 Å². The van der Waals surface area contributed by atoms with E-state index >= 15 is 0 Å². The van der Waals surface area contributed by atoms with Gasteiger partial charge in [0, 0.05) is 6.92 Å². The van der Waals surface area contributed by atoms with Crippen molar-refractivity contribution in [1.82, 2.24) is 5.32 Å². The van der Waals surface area contributed by atoms with Crippen molar-refractivity contribution in [3.63, 3.8) is 0 Å². The van der Waals surface area contributed by atoms with Gasteiger partial charge < -0.3 is 19.9 Å². The lowest BCUT2D eigenvalue weighted by Crippen LogP contribution is -2.24. The maximum atomic E-state index is 11.2. The highest BCUT2D eigenvalue weighted by Crippen LogP contribution is 2.37. The number of carboxylic acids is 1. The predicted molar refractivity (Wildman–Crippen MR) is 87.7 cm³/mol. The molecule has 0 radical (unpaired) electrons. The fourth-order valence-electron chi connectivity index (χ4n) is 1.72. The van der Waals surface area contributed by atoms with E-state index in [9.17, 15) is 9.59 Å². The Hall–Kier alpha value is -2.47. The van der Waals surface area contributed by atoms with Crippen LogP contribution in [0.2, 0.25) is 5.02 Å². The molecule has 2 N–H and O–H groups in total. The van der Waals surface area contributed by atoms with E-state index < -0.39 is 11.9 Å². The number of carbonyl (C=O) groups excluding carboxylic acids is 1. The number of aliphatic carboxylic acids is 1. The molecule has 0 saturated heterocycles. The third kappa shape index (κ3) is 5.67. The zero-order valence-corrected chi connectivity index (χ0v) is 13.6. The highest BCUT2D eigenvalue weighted by molar-refractivity contribution is 6.32. The van der Waals surface area contributed by atoms with Gasteiger partial charge >= 0.3 is 5.97 Å². The zero-order chi connectivity index (χ0) is 17.4. The standard InChI is InChI=1S/C16H18ClNO5/c1-4-6-23-15-12(17)7-11(9-14(15)22-5-2)8-13(16(20)21)18-10(3)19/h4,7-9H,1,5-6H2,2-3H3,(H,18,19)(H,20,21). The molecule has 0 bridgehead atoms. The Bertz CT molecular complexity index is 640. The molecule has 124 valence electrons. The molecule has 0 aromatic heterocycles. The Morgan fingerprint density at radius 1 is 1.39 bits per heavy atom. The summed E-state index contributed by atoms with van der Waals surface area (Å²) in [5, 5.41) is 11.6. The summed E-state index contributed by atoms with van der Waals surface area (Å²) in [4.78, 5) is 22.2. The third-order valence-corrected chi connectivity index (χ3v) is 2.81. The van der Waals surface area contributed by atoms with Crippen LogP contribution in [0.15, 0.2) is 30.5 Å². The van der Waals surface area contributed by atoms with E-state index in [1.54, 1.807) is 19.1 Å². The Morgan fingerprint density at radius 3 is 2.61 bits per heavy atom. The SMILES string of the molecule is C=CCOc1c(Cl)cc(C=C(NC(C)=O)C(=O)O)cc1OCC. The smallest absolute Gasteiger partial charge is 0.352 e. The minimum atomic E-state index is -1.26. The first-order valence-electron chi connectivity index (χ1n) is 6.81. The zero-order valence-electron chi connectivity index (χ0n) is 12.9. The molecular weight excluding hydrogens is 322 g/mol. The molecule has 0 aliphatic heterocycles. The second-order valence-corrected chi connectivity index (χ2v) is 4.81. The number of benzene rings is 1. The normalized spacial score (nSPS) is 10.8. The van der Waals surface area contributed by atoms with Gasteiger partial charge in [0.25, 0.3) is 0 Å². The van der Waals surface area contributed by atoms with Crippen LogP contribution in [0.1, 0.15) is 19.4 Å². The largest absolute Gasteiger partial charge is 0.490 e. The highest BCUT2D eigenvalue weighted by atomic mass is 35.5. The maximum Gasteiger partial charge on any atom is 0.352 e. The number of ether oxygens (including phenoxy) is 2. The fraction of sp³-hybridized carbons (Fsp3) is 0.250. The van der Waals surface area contributed by atoms with Crippen molar-refractivity contribution >= 4 is 29.6 Å². The van der Waals surface area contributed by atoms with Gasteiger partial charge in [-0.1, -0.05) is 24.3 Å². The summed E-state index contributed by atoms with van der Waals surface area (Å²) in [6.07, 6.45) is 2.86. The summed E-state index contributed by atoms with van der Waals surface area (Å²) in [6.45, 7) is 7.22. The summed E-state index contributed by atoms with van der Waals surface area (Å²) < 4.78 is 10.9. The molecule has 7 heteroatoms. The molecule has 1 aromatic carbocycles. The van der Waals surface area contributed by atoms with Crippen molar-refractivity contribution in [2.75, 3.05) is 13.2 Å². The van der Waals surface area contributed by atoms with E-state index in [0.717, 1.165) is 0 Å². The molecule has 0 aliphatic rings. The first-order chi connectivity index (χ1) is 10.9. The van der Waals surface area contributed by atoms with Crippen LogP contribution in [0.5, 0.6) is 11.5 Å². The molecule has 0 unspecified atom stereocenters. The van der Waals surface area contributed by atoms with Gasteiger partial charge in [-0.05, 0) is 30.7 Å². The molecule has 0 spiro atoms. The minimum absolute atomic E-state index is 0.251. The summed E-state index contributed by atoms with van der Waals surface area (Å²) >= 11 is 6.17. The van der Waals surface area contributed by atoms with Crippen molar-refractivity contribution in [1.29, 1.82) is 0 Å². The molecule has 0 saturated carbocycles. The van der Waals surface area contributed by atoms with E-state index in [1.807, 2.05) is 0 Å². The van der Waals surface area contributed by atoms with Crippen LogP contribution in [0.25, 0.3) is 6.08 Å². The molecule has 0 fully saturated rings. The molecule has 1 amide bonds. The predicted octanol–water partition coefficient (Wildman–Crippen LogP) is 2.87. The van der Waals surface area contributed by atoms with Gasteiger partial charge in [-0.15, -0.1) is 0 Å². The number of carbonyl (C=O) groups is 2. The Labute approximate surface area is 139 Å². The number of rotatable bonds is 8. The highest BCUT2D eigenvalue weighted by Gasteiger charge is 2.14. The molecule has 23 heavy (non-hydrogen) atoms. The van der Waals surface area contributed by atoms with Crippen molar-refractivity contribution < 1.29 is 24.2 Å². The Balaban J connectivity index is 3.28. The van der Waals surface area contributed by atoms with Crippen LogP contribution in [0.4, 0.5) is 0 Å². The molecule has 0 heterocycles. The second kappa shape index (κ2) is 8.85. The monoisotopic (exact) mass is 339 g/mol. The van der Waals surface area contributed by atoms with Gasteiger partial charge in [-0.25, -0.2) is 4.79 Å². The summed E-state index contributed by atoms with van der Waals surface area (Å²) in [7, 11) is 0. The number of hydrogen-bond acceptors (Lipinski definition) is 4. The van der Waals surface area contributed by atoms with Crippen LogP contribution in [-0.4, -0.2) is 30.2 Å². The molecule has 1 rings (SSSR count). The Kier molecular flexibility index (Phi) is 7.15. The van der Waals surface area contributed by atoms with Gasteiger partial charge in [0.1, 0.15) is 12.3 Å². The molecule has 1 aromatic rings. The second-order valence-electron chi connectivity index (χ2n) is 4.41. The number of carboxylic acid groups (broad SMARTS) is 1. The lowest BCUT2D eigenvalue weighted by molar-refractivity contribution is -0.134. The van der Waals surface area contributed by atoms with E-state index in [1.165, 1.54) is 19.1 Å². The topological polar surface area (TPSA) is 84.9 Å². The van der Waals surface area contributed by atoms with Crippen LogP contribution in [0.3, 0.4) is 0 Å². The minimum Gasteiger partial charge on any atom is -0.490 e. The number of amides is 1. The van der Waals surface area contributed by atoms with Crippen molar-refractivity contribution in [2.45, 2.75) is 13.8 Å². The first kappa shape index (κ1) is 18.6. The average molecular weight is 340 g/mol. The molecule has 6 nitrogen and oxygen atoms in total. The van der Waals surface area contributed by atoms with E-state index in [2.05, 4.69) is 11.9 Å². The first-order valence-corrected chi connectivity index (χ1v) is 7.19. The number of nitrogens with one attached hydrogen (secondary N) is 1. The molecule has 0 aliphatic carbocycles. The van der Waals surface area contributed by atoms with E-state index in [4.69, 9.17) is 26.2 Å². The van der Waals surface area contributed by atoms with Gasteiger partial charge in [0.2, 0.25) is 5.91 Å². The van der Waals surface area contributed by atoms with Crippen molar-refractivity contribution in [2.24, 2.45) is 0 Å². The quantitative estimate of drug-likeness (QED) is 0.562. The van der Waals surface area contributed by atoms with Crippen LogP contribution in [-0.2, 0) is 9.59 Å².